The number of carbonyl (C=O) groups is 5. The van der Waals surface area contributed by atoms with Crippen LogP contribution in [-0.4, -0.2) is 92.6 Å². The molecule has 14 heteroatoms. The van der Waals surface area contributed by atoms with Gasteiger partial charge in [0.1, 0.15) is 18.1 Å². The van der Waals surface area contributed by atoms with Crippen molar-refractivity contribution >= 4 is 41.4 Å². The third-order valence-electron chi connectivity index (χ3n) is 5.23. The monoisotopic (exact) mass is 498 g/mol. The normalized spacial score (nSPS) is 17.9. The van der Waals surface area contributed by atoms with Crippen molar-refractivity contribution in [2.75, 3.05) is 18.6 Å². The highest BCUT2D eigenvalue weighted by Gasteiger charge is 2.32. The Morgan fingerprint density at radius 3 is 2.38 bits per heavy atom. The number of imidazole rings is 1. The number of hydrogen-bond acceptors (Lipinski definition) is 8. The smallest absolute Gasteiger partial charge is 0.326 e. The minimum absolute atomic E-state index is 0.0453. The summed E-state index contributed by atoms with van der Waals surface area (Å²) in [4.78, 5) is 67.6. The molecule has 0 bridgehead atoms. The fourth-order valence-electron chi connectivity index (χ4n) is 3.43. The lowest BCUT2D eigenvalue weighted by atomic mass is 10.1. The standard InChI is InChI=1S/C20H30N6O7S/c1-34-6-4-13(18(30)26-15(20(32)33)7-11-9-21-10-23-11)24-19(31)14(8-16(27)28)25-17(29)12-3-2-5-22-12/h9-10,12-15,22H,2-8H2,1H3,(H,21,23)(H,24,31)(H,25,29)(H,26,30)(H,27,28)(H,32,33). The molecule has 1 aromatic heterocycles. The summed E-state index contributed by atoms with van der Waals surface area (Å²) < 4.78 is 0. The predicted molar refractivity (Wildman–Crippen MR) is 122 cm³/mol. The number of carboxylic acid groups (broad SMARTS) is 2. The number of carboxylic acids is 2. The van der Waals surface area contributed by atoms with Gasteiger partial charge >= 0.3 is 11.9 Å². The summed E-state index contributed by atoms with van der Waals surface area (Å²) in [6.45, 7) is 0.647. The minimum Gasteiger partial charge on any atom is -0.481 e. The van der Waals surface area contributed by atoms with Gasteiger partial charge in [0, 0.05) is 18.3 Å². The molecular weight excluding hydrogens is 468 g/mol. The van der Waals surface area contributed by atoms with E-state index in [0.29, 0.717) is 24.4 Å². The maximum Gasteiger partial charge on any atom is 0.326 e. The van der Waals surface area contributed by atoms with E-state index in [4.69, 9.17) is 0 Å². The molecule has 1 aliphatic rings. The van der Waals surface area contributed by atoms with Crippen LogP contribution in [0.1, 0.15) is 31.4 Å². The van der Waals surface area contributed by atoms with Gasteiger partial charge < -0.3 is 36.5 Å². The van der Waals surface area contributed by atoms with Crippen LogP contribution in [0, 0.1) is 0 Å². The first kappa shape index (κ1) is 27.1. The quantitative estimate of drug-likeness (QED) is 0.158. The first-order valence-electron chi connectivity index (χ1n) is 10.8. The third kappa shape index (κ3) is 8.67. The number of amides is 3. The molecule has 4 unspecified atom stereocenters. The third-order valence-corrected chi connectivity index (χ3v) is 5.87. The maximum absolute atomic E-state index is 12.9. The Morgan fingerprint density at radius 1 is 1.12 bits per heavy atom. The van der Waals surface area contributed by atoms with Gasteiger partial charge in [0.25, 0.3) is 0 Å². The number of aromatic nitrogens is 2. The number of nitrogens with zero attached hydrogens (tertiary/aromatic N) is 1. The molecule has 3 amide bonds. The number of H-pyrrole nitrogens is 1. The molecule has 7 N–H and O–H groups in total. The van der Waals surface area contributed by atoms with Crippen molar-refractivity contribution in [2.24, 2.45) is 0 Å². The van der Waals surface area contributed by atoms with Gasteiger partial charge in [-0.05, 0) is 37.8 Å². The fourth-order valence-corrected chi connectivity index (χ4v) is 3.90. The van der Waals surface area contributed by atoms with E-state index in [2.05, 4.69) is 31.2 Å². The largest absolute Gasteiger partial charge is 0.481 e. The van der Waals surface area contributed by atoms with E-state index < -0.39 is 60.2 Å². The molecule has 1 fully saturated rings. The topological polar surface area (TPSA) is 203 Å². The van der Waals surface area contributed by atoms with Crippen molar-refractivity contribution in [3.63, 3.8) is 0 Å². The van der Waals surface area contributed by atoms with Crippen LogP contribution >= 0.6 is 11.8 Å². The van der Waals surface area contributed by atoms with E-state index in [0.717, 1.165) is 6.42 Å². The minimum atomic E-state index is -1.39. The SMILES string of the molecule is CSCCC(NC(=O)C(CC(=O)O)NC(=O)C1CCCN1)C(=O)NC(Cc1cnc[nH]1)C(=O)O. The molecule has 0 radical (unpaired) electrons. The number of nitrogens with one attached hydrogen (secondary N) is 5. The van der Waals surface area contributed by atoms with Gasteiger partial charge in [-0.1, -0.05) is 0 Å². The van der Waals surface area contributed by atoms with Gasteiger partial charge in [-0.15, -0.1) is 0 Å². The lowest BCUT2D eigenvalue weighted by molar-refractivity contribution is -0.143. The highest BCUT2D eigenvalue weighted by molar-refractivity contribution is 7.98. The number of aliphatic carboxylic acids is 2. The van der Waals surface area contributed by atoms with E-state index in [9.17, 15) is 34.2 Å². The molecule has 0 spiro atoms. The van der Waals surface area contributed by atoms with Gasteiger partial charge in [0.2, 0.25) is 17.7 Å². The van der Waals surface area contributed by atoms with E-state index in [1.54, 1.807) is 6.26 Å². The molecule has 0 aromatic carbocycles. The van der Waals surface area contributed by atoms with Crippen molar-refractivity contribution < 1.29 is 34.2 Å². The summed E-state index contributed by atoms with van der Waals surface area (Å²) in [5.74, 6) is -4.15. The molecule has 13 nitrogen and oxygen atoms in total. The van der Waals surface area contributed by atoms with Crippen LogP contribution in [0.15, 0.2) is 12.5 Å². The summed E-state index contributed by atoms with van der Waals surface area (Å²) in [5, 5.41) is 29.0. The zero-order valence-corrected chi connectivity index (χ0v) is 19.5. The highest BCUT2D eigenvalue weighted by atomic mass is 32.2. The van der Waals surface area contributed by atoms with Gasteiger partial charge in [0.05, 0.1) is 18.8 Å². The molecule has 4 atom stereocenters. The second-order valence-electron chi connectivity index (χ2n) is 7.83. The number of thioether (sulfide) groups is 1. The molecule has 1 aliphatic heterocycles. The van der Waals surface area contributed by atoms with E-state index >= 15 is 0 Å². The second-order valence-corrected chi connectivity index (χ2v) is 8.82. The van der Waals surface area contributed by atoms with Gasteiger partial charge in [-0.2, -0.15) is 11.8 Å². The summed E-state index contributed by atoms with van der Waals surface area (Å²) in [7, 11) is 0. The zero-order valence-electron chi connectivity index (χ0n) is 18.7. The zero-order chi connectivity index (χ0) is 25.1. The van der Waals surface area contributed by atoms with Crippen LogP contribution in [0.4, 0.5) is 0 Å². The Bertz CT molecular complexity index is 860. The molecule has 1 aromatic rings. The first-order chi connectivity index (χ1) is 16.2. The molecule has 34 heavy (non-hydrogen) atoms. The van der Waals surface area contributed by atoms with Crippen LogP contribution in [0.3, 0.4) is 0 Å². The first-order valence-corrected chi connectivity index (χ1v) is 12.2. The number of aromatic amines is 1. The lowest BCUT2D eigenvalue weighted by Crippen LogP contribution is -2.57. The molecule has 0 aliphatic carbocycles. The van der Waals surface area contributed by atoms with Crippen LogP contribution < -0.4 is 21.3 Å². The Morgan fingerprint density at radius 2 is 1.82 bits per heavy atom. The van der Waals surface area contributed by atoms with E-state index in [-0.39, 0.29) is 12.8 Å². The molecule has 1 saturated heterocycles. The summed E-state index contributed by atoms with van der Waals surface area (Å²) in [6, 6.07) is -4.30. The molecule has 0 saturated carbocycles. The molecule has 2 rings (SSSR count). The summed E-state index contributed by atoms with van der Waals surface area (Å²) in [5.41, 5.74) is 0.502. The molecular formula is C20H30N6O7S. The van der Waals surface area contributed by atoms with E-state index in [1.807, 2.05) is 0 Å². The Hall–Kier alpha value is -3.13. The average molecular weight is 499 g/mol. The Labute approximate surface area is 200 Å². The van der Waals surface area contributed by atoms with Crippen molar-refractivity contribution in [2.45, 2.75) is 56.3 Å². The van der Waals surface area contributed by atoms with E-state index in [1.165, 1.54) is 24.3 Å². The second kappa shape index (κ2) is 13.5. The van der Waals surface area contributed by atoms with Crippen molar-refractivity contribution in [3.8, 4) is 0 Å². The van der Waals surface area contributed by atoms with Crippen LogP contribution in [0.2, 0.25) is 0 Å². The lowest BCUT2D eigenvalue weighted by Gasteiger charge is -2.24. The average Bonchev–Trinajstić information content (AvgIpc) is 3.49. The van der Waals surface area contributed by atoms with Crippen molar-refractivity contribution in [1.82, 2.24) is 31.2 Å². The number of hydrogen-bond donors (Lipinski definition) is 7. The Balaban J connectivity index is 2.08. The molecule has 188 valence electrons. The van der Waals surface area contributed by atoms with Gasteiger partial charge in [0.15, 0.2) is 0 Å². The number of carbonyl (C=O) groups excluding carboxylic acids is 3. The summed E-state index contributed by atoms with van der Waals surface area (Å²) in [6.07, 6.45) is 5.44. The number of rotatable bonds is 14. The predicted octanol–water partition coefficient (Wildman–Crippen LogP) is -1.53. The van der Waals surface area contributed by atoms with Crippen LogP contribution in [0.5, 0.6) is 0 Å². The van der Waals surface area contributed by atoms with Gasteiger partial charge in [-0.25, -0.2) is 9.78 Å². The highest BCUT2D eigenvalue weighted by Crippen LogP contribution is 2.08. The molecule has 2 heterocycles. The van der Waals surface area contributed by atoms with Crippen LogP contribution in [0.25, 0.3) is 0 Å². The Kier molecular flexibility index (Phi) is 10.8. The van der Waals surface area contributed by atoms with Crippen molar-refractivity contribution in [1.29, 1.82) is 0 Å². The van der Waals surface area contributed by atoms with Gasteiger partial charge in [-0.3, -0.25) is 19.2 Å². The maximum atomic E-state index is 12.9. The van der Waals surface area contributed by atoms with Crippen LogP contribution in [-0.2, 0) is 30.4 Å². The fraction of sp³-hybridized carbons (Fsp3) is 0.600. The van der Waals surface area contributed by atoms with Crippen molar-refractivity contribution in [3.05, 3.63) is 18.2 Å². The summed E-state index contributed by atoms with van der Waals surface area (Å²) >= 11 is 1.42.